The van der Waals surface area contributed by atoms with E-state index >= 15 is 0 Å². The van der Waals surface area contributed by atoms with Crippen molar-refractivity contribution in [3.63, 3.8) is 0 Å². The number of hydrogen-bond donors (Lipinski definition) is 0. The van der Waals surface area contributed by atoms with Crippen molar-refractivity contribution < 1.29 is 19.1 Å². The summed E-state index contributed by atoms with van der Waals surface area (Å²) in [5.74, 6) is -0.934. The van der Waals surface area contributed by atoms with E-state index in [4.69, 9.17) is 4.74 Å². The second-order valence-corrected chi connectivity index (χ2v) is 6.04. The monoisotopic (exact) mass is 349 g/mol. The van der Waals surface area contributed by atoms with Crippen LogP contribution in [-0.4, -0.2) is 29.2 Å². The first kappa shape index (κ1) is 17.6. The Morgan fingerprint density at radius 3 is 2.42 bits per heavy atom. The SMILES string of the molecule is CC(=O)N1C=Cc2ccccc2[C@@H]1CC(=O)OCC(=O)c1ccccc1. The van der Waals surface area contributed by atoms with Gasteiger partial charge in [0, 0.05) is 18.7 Å². The van der Waals surface area contributed by atoms with Gasteiger partial charge in [-0.05, 0) is 17.2 Å². The minimum atomic E-state index is -0.518. The number of carbonyl (C=O) groups is 3. The average molecular weight is 349 g/mol. The third kappa shape index (κ3) is 3.88. The molecule has 5 heteroatoms. The molecule has 0 aromatic heterocycles. The lowest BCUT2D eigenvalue weighted by Crippen LogP contribution is -2.32. The fourth-order valence-electron chi connectivity index (χ4n) is 2.98. The van der Waals surface area contributed by atoms with Crippen molar-refractivity contribution in [1.82, 2.24) is 4.90 Å². The van der Waals surface area contributed by atoms with E-state index in [1.165, 1.54) is 11.8 Å². The Kier molecular flexibility index (Phi) is 5.27. The van der Waals surface area contributed by atoms with Gasteiger partial charge in [-0.3, -0.25) is 14.4 Å². The molecular formula is C21H19NO4. The summed E-state index contributed by atoms with van der Waals surface area (Å²) in [5, 5.41) is 0. The average Bonchev–Trinajstić information content (AvgIpc) is 2.66. The predicted molar refractivity (Wildman–Crippen MR) is 97.1 cm³/mol. The van der Waals surface area contributed by atoms with Crippen LogP contribution in [0, 0.1) is 0 Å². The van der Waals surface area contributed by atoms with Crippen molar-refractivity contribution in [3.05, 3.63) is 77.5 Å². The molecule has 0 N–H and O–H groups in total. The van der Waals surface area contributed by atoms with Crippen molar-refractivity contribution in [1.29, 1.82) is 0 Å². The van der Waals surface area contributed by atoms with Gasteiger partial charge in [0.15, 0.2) is 12.4 Å². The molecule has 2 aromatic rings. The third-order valence-corrected chi connectivity index (χ3v) is 4.29. The first-order valence-corrected chi connectivity index (χ1v) is 8.36. The van der Waals surface area contributed by atoms with Crippen LogP contribution in [0.3, 0.4) is 0 Å². The number of ether oxygens (including phenoxy) is 1. The molecule has 0 aliphatic carbocycles. The fraction of sp³-hybridized carbons (Fsp3) is 0.190. The smallest absolute Gasteiger partial charge is 0.308 e. The van der Waals surface area contributed by atoms with Gasteiger partial charge in [-0.1, -0.05) is 54.6 Å². The molecule has 0 fully saturated rings. The largest absolute Gasteiger partial charge is 0.457 e. The molecule has 0 unspecified atom stereocenters. The lowest BCUT2D eigenvalue weighted by atomic mass is 9.94. The summed E-state index contributed by atoms with van der Waals surface area (Å²) in [5.41, 5.74) is 2.34. The van der Waals surface area contributed by atoms with E-state index in [9.17, 15) is 14.4 Å². The Bertz CT molecular complexity index is 857. The summed E-state index contributed by atoms with van der Waals surface area (Å²) in [4.78, 5) is 37.8. The molecule has 1 aliphatic heterocycles. The number of benzene rings is 2. The molecule has 0 radical (unpaired) electrons. The van der Waals surface area contributed by atoms with Crippen LogP contribution in [-0.2, 0) is 14.3 Å². The Morgan fingerprint density at radius 1 is 1.00 bits per heavy atom. The zero-order valence-electron chi connectivity index (χ0n) is 14.4. The van der Waals surface area contributed by atoms with Crippen LogP contribution >= 0.6 is 0 Å². The molecule has 0 spiro atoms. The molecule has 0 saturated heterocycles. The highest BCUT2D eigenvalue weighted by Gasteiger charge is 2.28. The van der Waals surface area contributed by atoms with E-state index in [-0.39, 0.29) is 24.7 Å². The van der Waals surface area contributed by atoms with Crippen LogP contribution < -0.4 is 0 Å². The van der Waals surface area contributed by atoms with Gasteiger partial charge in [0.05, 0.1) is 12.5 Å². The number of rotatable bonds is 5. The molecule has 1 heterocycles. The Morgan fingerprint density at radius 2 is 1.69 bits per heavy atom. The highest BCUT2D eigenvalue weighted by atomic mass is 16.5. The summed E-state index contributed by atoms with van der Waals surface area (Å²) in [6, 6.07) is 15.8. The topological polar surface area (TPSA) is 63.7 Å². The molecule has 132 valence electrons. The Labute approximate surface area is 151 Å². The summed E-state index contributed by atoms with van der Waals surface area (Å²) in [7, 11) is 0. The van der Waals surface area contributed by atoms with Crippen molar-refractivity contribution in [2.24, 2.45) is 0 Å². The van der Waals surface area contributed by atoms with E-state index in [0.29, 0.717) is 5.56 Å². The van der Waals surface area contributed by atoms with E-state index in [1.807, 2.05) is 36.4 Å². The number of carbonyl (C=O) groups excluding carboxylic acids is 3. The predicted octanol–water partition coefficient (Wildman–Crippen LogP) is 3.38. The lowest BCUT2D eigenvalue weighted by Gasteiger charge is -2.32. The molecule has 3 rings (SSSR count). The number of hydrogen-bond acceptors (Lipinski definition) is 4. The van der Waals surface area contributed by atoms with Gasteiger partial charge in [0.1, 0.15) is 0 Å². The van der Waals surface area contributed by atoms with Gasteiger partial charge >= 0.3 is 5.97 Å². The highest BCUT2D eigenvalue weighted by molar-refractivity contribution is 5.97. The maximum absolute atomic E-state index is 12.3. The van der Waals surface area contributed by atoms with E-state index in [0.717, 1.165) is 11.1 Å². The first-order valence-electron chi connectivity index (χ1n) is 8.36. The molecule has 1 aliphatic rings. The van der Waals surface area contributed by atoms with E-state index < -0.39 is 12.0 Å². The van der Waals surface area contributed by atoms with Crippen LogP contribution in [0.25, 0.3) is 6.08 Å². The van der Waals surface area contributed by atoms with Gasteiger partial charge in [-0.2, -0.15) is 0 Å². The lowest BCUT2D eigenvalue weighted by molar-refractivity contribution is -0.144. The zero-order chi connectivity index (χ0) is 18.5. The minimum absolute atomic E-state index is 0.0109. The number of amides is 1. The van der Waals surface area contributed by atoms with Gasteiger partial charge in [-0.15, -0.1) is 0 Å². The van der Waals surface area contributed by atoms with Crippen molar-refractivity contribution in [2.45, 2.75) is 19.4 Å². The first-order chi connectivity index (χ1) is 12.6. The van der Waals surface area contributed by atoms with Crippen LogP contribution in [0.1, 0.15) is 40.9 Å². The van der Waals surface area contributed by atoms with Gasteiger partial charge < -0.3 is 9.64 Å². The molecule has 2 aromatic carbocycles. The van der Waals surface area contributed by atoms with Gasteiger partial charge in [0.2, 0.25) is 5.91 Å². The van der Waals surface area contributed by atoms with Crippen LogP contribution in [0.4, 0.5) is 0 Å². The van der Waals surface area contributed by atoms with Crippen LogP contribution in [0.15, 0.2) is 60.8 Å². The summed E-state index contributed by atoms with van der Waals surface area (Å²) < 4.78 is 5.15. The minimum Gasteiger partial charge on any atom is -0.457 e. The number of ketones is 1. The number of esters is 1. The number of Topliss-reactive ketones (excluding diaryl/α,β-unsaturated/α-hetero) is 1. The molecule has 0 saturated carbocycles. The van der Waals surface area contributed by atoms with Crippen molar-refractivity contribution in [2.75, 3.05) is 6.61 Å². The number of fused-ring (bicyclic) bond motifs is 1. The summed E-state index contributed by atoms with van der Waals surface area (Å²) >= 11 is 0. The molecule has 1 atom stereocenters. The maximum Gasteiger partial charge on any atom is 0.308 e. The fourth-order valence-corrected chi connectivity index (χ4v) is 2.98. The van der Waals surface area contributed by atoms with Crippen molar-refractivity contribution >= 4 is 23.7 Å². The molecule has 1 amide bonds. The summed E-state index contributed by atoms with van der Waals surface area (Å²) in [6.07, 6.45) is 3.51. The normalized spacial score (nSPS) is 15.3. The van der Waals surface area contributed by atoms with Gasteiger partial charge in [-0.25, -0.2) is 0 Å². The van der Waals surface area contributed by atoms with Crippen molar-refractivity contribution in [3.8, 4) is 0 Å². The molecule has 26 heavy (non-hydrogen) atoms. The summed E-state index contributed by atoms with van der Waals surface area (Å²) in [6.45, 7) is 1.14. The van der Waals surface area contributed by atoms with E-state index in [1.54, 1.807) is 30.5 Å². The Balaban J connectivity index is 1.68. The van der Waals surface area contributed by atoms with E-state index in [2.05, 4.69) is 0 Å². The molecular weight excluding hydrogens is 330 g/mol. The quantitative estimate of drug-likeness (QED) is 0.613. The Hall–Kier alpha value is -3.21. The zero-order valence-corrected chi connectivity index (χ0v) is 14.4. The highest BCUT2D eigenvalue weighted by Crippen LogP contribution is 2.33. The van der Waals surface area contributed by atoms with Crippen LogP contribution in [0.5, 0.6) is 0 Å². The van der Waals surface area contributed by atoms with Crippen LogP contribution in [0.2, 0.25) is 0 Å². The second-order valence-electron chi connectivity index (χ2n) is 6.04. The standard InChI is InChI=1S/C21H19NO4/c1-15(23)22-12-11-16-7-5-6-10-18(16)19(22)13-21(25)26-14-20(24)17-8-3-2-4-9-17/h2-12,19H,13-14H2,1H3/t19-/m0/s1. The van der Waals surface area contributed by atoms with Gasteiger partial charge in [0.25, 0.3) is 0 Å². The second kappa shape index (κ2) is 7.78. The number of nitrogens with zero attached hydrogens (tertiary/aromatic N) is 1. The molecule has 5 nitrogen and oxygen atoms in total. The molecule has 0 bridgehead atoms. The maximum atomic E-state index is 12.3. The third-order valence-electron chi connectivity index (χ3n) is 4.29.